The van der Waals surface area contributed by atoms with E-state index >= 15 is 0 Å². The molecule has 1 aromatic heterocycles. The Morgan fingerprint density at radius 2 is 1.96 bits per heavy atom. The zero-order valence-corrected chi connectivity index (χ0v) is 15.6. The zero-order chi connectivity index (χ0) is 18.1. The van der Waals surface area contributed by atoms with Gasteiger partial charge in [0.1, 0.15) is 0 Å². The summed E-state index contributed by atoms with van der Waals surface area (Å²) in [6, 6.07) is 9.63. The summed E-state index contributed by atoms with van der Waals surface area (Å²) in [6.45, 7) is 4.66. The summed E-state index contributed by atoms with van der Waals surface area (Å²) < 4.78 is 0. The van der Waals surface area contributed by atoms with Crippen molar-refractivity contribution in [3.63, 3.8) is 0 Å². The quantitative estimate of drug-likeness (QED) is 0.695. The van der Waals surface area contributed by atoms with Gasteiger partial charge >= 0.3 is 0 Å². The van der Waals surface area contributed by atoms with Crippen molar-refractivity contribution in [2.75, 3.05) is 18.4 Å². The molecule has 0 aliphatic heterocycles. The topological polar surface area (TPSA) is 62.3 Å². The minimum absolute atomic E-state index is 0.0206. The molecule has 2 rings (SSSR count). The number of benzene rings is 1. The summed E-state index contributed by atoms with van der Waals surface area (Å²) >= 11 is 1.39. The van der Waals surface area contributed by atoms with E-state index in [1.165, 1.54) is 11.3 Å². The molecule has 0 saturated carbocycles. The van der Waals surface area contributed by atoms with Crippen molar-refractivity contribution in [3.8, 4) is 0 Å². The highest BCUT2D eigenvalue weighted by Crippen LogP contribution is 2.14. The van der Waals surface area contributed by atoms with Crippen LogP contribution in [0.4, 0.5) is 5.13 Å². The standard InChI is InChI=1S/C19H25N3O2S/c1-3-4-8-11-22(18(24)12-16-9-6-5-7-10-16)13-17(23)21-19-20-15(2)14-25-19/h5-7,9-10,14H,3-4,8,11-13H2,1-2H3,(H,20,21,23). The summed E-state index contributed by atoms with van der Waals surface area (Å²) in [7, 11) is 0. The predicted octanol–water partition coefficient (Wildman–Crippen LogP) is 3.65. The Morgan fingerprint density at radius 1 is 1.20 bits per heavy atom. The van der Waals surface area contributed by atoms with Gasteiger partial charge in [0.2, 0.25) is 11.8 Å². The lowest BCUT2D eigenvalue weighted by Crippen LogP contribution is -2.39. The minimum Gasteiger partial charge on any atom is -0.333 e. The maximum absolute atomic E-state index is 12.6. The number of thiazole rings is 1. The van der Waals surface area contributed by atoms with Gasteiger partial charge in [-0.05, 0) is 18.9 Å². The van der Waals surface area contributed by atoms with Crippen LogP contribution in [-0.2, 0) is 16.0 Å². The number of aromatic nitrogens is 1. The Kier molecular flexibility index (Phi) is 7.60. The molecule has 5 nitrogen and oxygen atoms in total. The first-order chi connectivity index (χ1) is 12.1. The first kappa shape index (κ1) is 19.1. The summed E-state index contributed by atoms with van der Waals surface area (Å²) in [5.74, 6) is -0.222. The molecule has 0 atom stereocenters. The van der Waals surface area contributed by atoms with E-state index in [1.807, 2.05) is 42.6 Å². The number of hydrogen-bond acceptors (Lipinski definition) is 4. The Morgan fingerprint density at radius 3 is 2.60 bits per heavy atom. The lowest BCUT2D eigenvalue weighted by atomic mass is 10.1. The third-order valence-corrected chi connectivity index (χ3v) is 4.66. The van der Waals surface area contributed by atoms with Crippen molar-refractivity contribution in [2.45, 2.75) is 39.5 Å². The van der Waals surface area contributed by atoms with E-state index in [9.17, 15) is 9.59 Å². The van der Waals surface area contributed by atoms with E-state index in [0.717, 1.165) is 30.5 Å². The molecule has 1 aromatic carbocycles. The Hall–Kier alpha value is -2.21. The molecule has 2 amide bonds. The number of aryl methyl sites for hydroxylation is 1. The first-order valence-electron chi connectivity index (χ1n) is 8.62. The van der Waals surface area contributed by atoms with Crippen LogP contribution in [0.2, 0.25) is 0 Å². The molecule has 1 heterocycles. The monoisotopic (exact) mass is 359 g/mol. The van der Waals surface area contributed by atoms with Gasteiger partial charge in [-0.2, -0.15) is 0 Å². The molecule has 0 radical (unpaired) electrons. The molecule has 0 saturated heterocycles. The lowest BCUT2D eigenvalue weighted by Gasteiger charge is -2.22. The second kappa shape index (κ2) is 9.93. The molecule has 1 N–H and O–H groups in total. The Balaban J connectivity index is 1.96. The smallest absolute Gasteiger partial charge is 0.245 e. The summed E-state index contributed by atoms with van der Waals surface area (Å²) in [5.41, 5.74) is 1.84. The second-order valence-corrected chi connectivity index (χ2v) is 6.89. The highest BCUT2D eigenvalue weighted by molar-refractivity contribution is 7.13. The van der Waals surface area contributed by atoms with Gasteiger partial charge in [-0.25, -0.2) is 4.98 Å². The van der Waals surface area contributed by atoms with Gasteiger partial charge in [-0.3, -0.25) is 9.59 Å². The molecule has 0 bridgehead atoms. The van der Waals surface area contributed by atoms with Gasteiger partial charge in [-0.1, -0.05) is 50.1 Å². The van der Waals surface area contributed by atoms with Crippen molar-refractivity contribution >= 4 is 28.3 Å². The SMILES string of the molecule is CCCCCN(CC(=O)Nc1nc(C)cs1)C(=O)Cc1ccccc1. The van der Waals surface area contributed by atoms with Crippen LogP contribution < -0.4 is 5.32 Å². The fourth-order valence-corrected chi connectivity index (χ4v) is 3.17. The fourth-order valence-electron chi connectivity index (χ4n) is 2.47. The van der Waals surface area contributed by atoms with E-state index in [-0.39, 0.29) is 18.4 Å². The van der Waals surface area contributed by atoms with Crippen LogP contribution in [0.1, 0.15) is 37.4 Å². The van der Waals surface area contributed by atoms with Gasteiger partial charge in [0.15, 0.2) is 5.13 Å². The third-order valence-electron chi connectivity index (χ3n) is 3.78. The van der Waals surface area contributed by atoms with Crippen molar-refractivity contribution < 1.29 is 9.59 Å². The van der Waals surface area contributed by atoms with Gasteiger partial charge in [0.25, 0.3) is 0 Å². The number of anilines is 1. The van der Waals surface area contributed by atoms with Crippen molar-refractivity contribution in [1.82, 2.24) is 9.88 Å². The summed E-state index contributed by atoms with van der Waals surface area (Å²) in [5, 5.41) is 5.24. The normalized spacial score (nSPS) is 10.5. The molecule has 25 heavy (non-hydrogen) atoms. The average Bonchev–Trinajstić information content (AvgIpc) is 2.99. The van der Waals surface area contributed by atoms with Gasteiger partial charge in [-0.15, -0.1) is 11.3 Å². The van der Waals surface area contributed by atoms with E-state index in [1.54, 1.807) is 4.90 Å². The molecule has 0 fully saturated rings. The minimum atomic E-state index is -0.202. The van der Waals surface area contributed by atoms with Crippen LogP contribution in [0.15, 0.2) is 35.7 Å². The maximum Gasteiger partial charge on any atom is 0.245 e. The molecular formula is C19H25N3O2S. The Labute approximate surface area is 153 Å². The van der Waals surface area contributed by atoms with Crippen LogP contribution in [0, 0.1) is 6.92 Å². The van der Waals surface area contributed by atoms with Crippen molar-refractivity contribution in [1.29, 1.82) is 0 Å². The predicted molar refractivity (Wildman–Crippen MR) is 102 cm³/mol. The molecule has 6 heteroatoms. The van der Waals surface area contributed by atoms with Crippen LogP contribution in [0.3, 0.4) is 0 Å². The molecule has 0 unspecified atom stereocenters. The molecule has 0 aliphatic rings. The zero-order valence-electron chi connectivity index (χ0n) is 14.8. The number of nitrogens with one attached hydrogen (secondary N) is 1. The number of carbonyl (C=O) groups is 2. The van der Waals surface area contributed by atoms with Gasteiger partial charge < -0.3 is 10.2 Å². The first-order valence-corrected chi connectivity index (χ1v) is 9.50. The van der Waals surface area contributed by atoms with Crippen LogP contribution in [0.25, 0.3) is 0 Å². The Bertz CT molecular complexity index is 685. The third kappa shape index (κ3) is 6.66. The average molecular weight is 359 g/mol. The van der Waals surface area contributed by atoms with E-state index in [2.05, 4.69) is 17.2 Å². The molecule has 134 valence electrons. The summed E-state index contributed by atoms with van der Waals surface area (Å²) in [6.07, 6.45) is 3.34. The van der Waals surface area contributed by atoms with E-state index < -0.39 is 0 Å². The largest absolute Gasteiger partial charge is 0.333 e. The second-order valence-electron chi connectivity index (χ2n) is 6.03. The maximum atomic E-state index is 12.6. The highest BCUT2D eigenvalue weighted by atomic mass is 32.1. The fraction of sp³-hybridized carbons (Fsp3) is 0.421. The number of amides is 2. The summed E-state index contributed by atoms with van der Waals surface area (Å²) in [4.78, 5) is 30.8. The van der Waals surface area contributed by atoms with E-state index in [4.69, 9.17) is 0 Å². The lowest BCUT2D eigenvalue weighted by molar-refractivity contribution is -0.134. The van der Waals surface area contributed by atoms with Gasteiger partial charge in [0, 0.05) is 11.9 Å². The number of rotatable bonds is 9. The van der Waals surface area contributed by atoms with Crippen molar-refractivity contribution in [3.05, 3.63) is 47.0 Å². The van der Waals surface area contributed by atoms with Crippen LogP contribution in [-0.4, -0.2) is 34.8 Å². The van der Waals surface area contributed by atoms with Crippen LogP contribution >= 0.6 is 11.3 Å². The number of carbonyl (C=O) groups excluding carboxylic acids is 2. The van der Waals surface area contributed by atoms with Crippen LogP contribution in [0.5, 0.6) is 0 Å². The number of nitrogens with zero attached hydrogens (tertiary/aromatic N) is 2. The number of hydrogen-bond donors (Lipinski definition) is 1. The molecular weight excluding hydrogens is 334 g/mol. The van der Waals surface area contributed by atoms with Crippen molar-refractivity contribution in [2.24, 2.45) is 0 Å². The highest BCUT2D eigenvalue weighted by Gasteiger charge is 2.18. The number of unbranched alkanes of at least 4 members (excludes halogenated alkanes) is 2. The molecule has 0 aliphatic carbocycles. The molecule has 0 spiro atoms. The van der Waals surface area contributed by atoms with E-state index in [0.29, 0.717) is 18.1 Å². The molecule has 2 aromatic rings. The van der Waals surface area contributed by atoms with Gasteiger partial charge in [0.05, 0.1) is 18.7 Å².